The first kappa shape index (κ1) is 63.3. The van der Waals surface area contributed by atoms with Crippen LogP contribution < -0.4 is 29.4 Å². The average Bonchev–Trinajstić information content (AvgIpc) is 0.730. The number of allylic oxidation sites excluding steroid dienone is 8. The van der Waals surface area contributed by atoms with Crippen molar-refractivity contribution in [3.63, 3.8) is 0 Å². The lowest BCUT2D eigenvalue weighted by molar-refractivity contribution is 1.28. The van der Waals surface area contributed by atoms with Crippen molar-refractivity contribution in [2.45, 2.75) is 0 Å². The van der Waals surface area contributed by atoms with Crippen molar-refractivity contribution in [3.8, 4) is 77.9 Å². The van der Waals surface area contributed by atoms with Crippen LogP contribution in [-0.2, 0) is 0 Å². The fourth-order valence-corrected chi connectivity index (χ4v) is 16.9. The van der Waals surface area contributed by atoms with Gasteiger partial charge >= 0.3 is 0 Å². The van der Waals surface area contributed by atoms with E-state index in [0.29, 0.717) is 67.8 Å². The molecule has 0 aliphatic carbocycles. The van der Waals surface area contributed by atoms with Crippen molar-refractivity contribution >= 4 is 114 Å². The minimum atomic E-state index is -0.684. The maximum Gasteiger partial charge on any atom is 0.0645 e. The first-order valence-electron chi connectivity index (χ1n) is 65.8. The smallest absolute Gasteiger partial charge is 0.0645 e. The van der Waals surface area contributed by atoms with Gasteiger partial charge in [-0.3, -0.25) is 0 Å². The van der Waals surface area contributed by atoms with Crippen LogP contribution in [0.3, 0.4) is 0 Å². The molecule has 0 aromatic heterocycles. The maximum absolute atomic E-state index is 9.33. The fourth-order valence-electron chi connectivity index (χ4n) is 16.9. The van der Waals surface area contributed by atoms with E-state index in [9.17, 15) is 16.4 Å². The third kappa shape index (κ3) is 23.3. The zero-order chi connectivity index (χ0) is 133. The molecular formula is C144H112N6. The molecule has 22 aromatic carbocycles. The van der Waals surface area contributed by atoms with Crippen LogP contribution in [0.2, 0.25) is 0 Å². The van der Waals surface area contributed by atoms with Gasteiger partial charge in [0, 0.05) is 102 Å². The quantitative estimate of drug-likeness (QED) is 0.0401. The Balaban J connectivity index is 0.000000162. The molecule has 0 aliphatic rings. The van der Waals surface area contributed by atoms with Gasteiger partial charge in [0.15, 0.2) is 0 Å². The molecule has 0 saturated heterocycles. The third-order valence-corrected chi connectivity index (χ3v) is 24.2. The molecule has 0 atom stereocenters. The summed E-state index contributed by atoms with van der Waals surface area (Å²) in [5.41, 5.74) is 13.6. The highest BCUT2D eigenvalue weighted by Crippen LogP contribution is 2.46. The van der Waals surface area contributed by atoms with Crippen LogP contribution >= 0.6 is 0 Å². The van der Waals surface area contributed by atoms with Crippen molar-refractivity contribution in [2.75, 3.05) is 29.4 Å². The standard InChI is InChI=1S/C48H36N2.2C48H38N2/c1-5-13-37(14-6-1)39-21-29-45(30-22-39)49(43-17-9-3-10-18-43)47-33-25-41(26-34-47)42-27-35-48(36-28-42)50(44-19-11-4-12-20-44)46-31-23-40(24-32-46)38-15-7-2-8-16-38;2*1-3-14-37(4-2)39-21-29-45(30-22-39)49(43-17-10-6-11-18-43)47-33-25-41(26-34-47)42-27-35-48(36-28-42)50(44-19-12-7-13-20-44)46-31-23-40(24-32-46)38-15-8-5-9-16-38/h1-36H;2*3-36H,1-2H2/b;2*37-14+/i3D,4D,9D,10D,11D,12D,17D,18D,19D,20D,21D,22D,23D,24D,29D,30D,31D,32D;6D,7D,10D,11D,12D,13D,17D,18D,19D,20D;25D,26D,27D,28D,33D,34D,35D,36D. The van der Waals surface area contributed by atoms with Crippen molar-refractivity contribution < 1.29 is 49.3 Å². The van der Waals surface area contributed by atoms with Gasteiger partial charge in [-0.2, -0.15) is 0 Å². The molecule has 0 unspecified atom stereocenters. The number of rotatable bonds is 31. The number of hydrogen-bond acceptors (Lipinski definition) is 6. The van der Waals surface area contributed by atoms with E-state index in [1.807, 2.05) is 267 Å². The van der Waals surface area contributed by atoms with Crippen LogP contribution in [0.4, 0.5) is 102 Å². The molecule has 0 amide bonds. The third-order valence-electron chi connectivity index (χ3n) is 24.2. The first-order chi connectivity index (χ1) is 89.2. The highest BCUT2D eigenvalue weighted by molar-refractivity contribution is 5.90. The largest absolute Gasteiger partial charge is 0.311 e. The van der Waals surface area contributed by atoms with Gasteiger partial charge in [0.1, 0.15) is 0 Å². The summed E-state index contributed by atoms with van der Waals surface area (Å²) in [4.78, 5) is 8.83. The second-order valence-corrected chi connectivity index (χ2v) is 33.4. The maximum atomic E-state index is 9.33. The van der Waals surface area contributed by atoms with E-state index < -0.39 is 205 Å². The van der Waals surface area contributed by atoms with Gasteiger partial charge in [0.05, 0.1) is 49.3 Å². The van der Waals surface area contributed by atoms with E-state index in [1.165, 1.54) is 24.3 Å². The second-order valence-electron chi connectivity index (χ2n) is 33.4. The molecule has 0 saturated carbocycles. The highest BCUT2D eigenvalue weighted by Gasteiger charge is 2.22. The van der Waals surface area contributed by atoms with Gasteiger partial charge in [-0.25, -0.2) is 0 Å². The molecule has 22 rings (SSSR count). The molecule has 0 radical (unpaired) electrons. The Morgan fingerprint density at radius 2 is 0.287 bits per heavy atom. The number of hydrogen-bond donors (Lipinski definition) is 0. The van der Waals surface area contributed by atoms with Crippen molar-refractivity contribution in [3.05, 3.63) is 668 Å². The molecule has 6 nitrogen and oxygen atoms in total. The lowest BCUT2D eigenvalue weighted by Crippen LogP contribution is -2.10. The van der Waals surface area contributed by atoms with Crippen molar-refractivity contribution in [1.29, 1.82) is 0 Å². The van der Waals surface area contributed by atoms with Crippen molar-refractivity contribution in [1.82, 2.24) is 0 Å². The van der Waals surface area contributed by atoms with Gasteiger partial charge < -0.3 is 29.4 Å². The number of benzene rings is 22. The SMILES string of the molecule is [2H]c1c([2H])c(N(c2ccccc2)c2ccc(/C(C=C)=C/C=C)cc2)c([2H])c([2H])c1-c1c([2H])c([2H])c(N(c2ccccc2)c2ccc(-c3ccccc3)cc2)c([2H])c1[2H].[2H]c1c([2H])c([2H])c(N(c2ccc(-c3ccc(N(c4c([2H])c([2H])c([2H])c([2H])c4[2H])c4c([2H])c([2H])c(-c5ccccc5)c([2H])c4[2H])cc3)cc2)c2c([2H])c([2H])c(-c3ccccc3)c([2H])c2[2H])c([2H])c1[2H].[2H]c1c([2H])c([2H])c(N(c2ccc(/C(C=C)=C/C=C)cc2)c2ccc(-c3ccc(N(c4ccc(-c5ccccc5)cc4)c4c([2H])c([2H])c([2H])c([2H])c4[2H])cc3)cc2)c([2H])c1[2H]. The Morgan fingerprint density at radius 3 is 0.473 bits per heavy atom. The molecule has 0 fully saturated rings. The van der Waals surface area contributed by atoms with E-state index in [4.69, 9.17) is 32.9 Å². The monoisotopic (exact) mass is 1960 g/mol. The summed E-state index contributed by atoms with van der Waals surface area (Å²) in [7, 11) is 0. The molecule has 718 valence electrons. The van der Waals surface area contributed by atoms with Crippen LogP contribution in [0.25, 0.3) is 89.0 Å². The summed E-state index contributed by atoms with van der Waals surface area (Å²) >= 11 is 0. The summed E-state index contributed by atoms with van der Waals surface area (Å²) in [5.74, 6) is 0. The second kappa shape index (κ2) is 48.0. The minimum absolute atomic E-state index is 0.000900. The minimum Gasteiger partial charge on any atom is -0.311 e. The zero-order valence-corrected chi connectivity index (χ0v) is 80.8. The Hall–Kier alpha value is -19.9. The van der Waals surface area contributed by atoms with Crippen LogP contribution in [0, 0.1) is 0 Å². The van der Waals surface area contributed by atoms with Crippen LogP contribution in [0.15, 0.2) is 656 Å². The Morgan fingerprint density at radius 1 is 0.140 bits per heavy atom. The molecular weight excluding hydrogens is 1810 g/mol. The molecule has 0 bridgehead atoms. The number of nitrogens with zero attached hydrogens (tertiary/aromatic N) is 6. The summed E-state index contributed by atoms with van der Waals surface area (Å²) < 4.78 is 318. The van der Waals surface area contributed by atoms with E-state index >= 15 is 0 Å². The molecule has 0 aliphatic heterocycles. The van der Waals surface area contributed by atoms with Gasteiger partial charge in [0.2, 0.25) is 0 Å². The lowest BCUT2D eigenvalue weighted by atomic mass is 10.0. The van der Waals surface area contributed by atoms with Gasteiger partial charge in [-0.1, -0.05) is 438 Å². The molecule has 0 heterocycles. The molecule has 6 heteroatoms. The fraction of sp³-hybridized carbons (Fsp3) is 0. The van der Waals surface area contributed by atoms with Gasteiger partial charge in [-0.05, 0) is 318 Å². The Labute approximate surface area is 933 Å². The van der Waals surface area contributed by atoms with Gasteiger partial charge in [-0.15, -0.1) is 0 Å². The number of para-hydroxylation sites is 6. The number of anilines is 18. The molecule has 0 spiro atoms. The van der Waals surface area contributed by atoms with Crippen LogP contribution in [-0.4, -0.2) is 0 Å². The normalized spacial score (nSPS) is 14.3. The summed E-state index contributed by atoms with van der Waals surface area (Å²) in [6, 6.07) is 93.7. The lowest BCUT2D eigenvalue weighted by Gasteiger charge is -2.26. The molecule has 150 heavy (non-hydrogen) atoms. The predicted molar refractivity (Wildman–Crippen MR) is 642 cm³/mol. The van der Waals surface area contributed by atoms with E-state index in [-0.39, 0.29) is 91.9 Å². The van der Waals surface area contributed by atoms with E-state index in [0.717, 1.165) is 65.5 Å². The average molecular weight is 1960 g/mol. The Bertz CT molecular complexity index is 10200. The van der Waals surface area contributed by atoms with E-state index in [2.05, 4.69) is 26.3 Å². The molecule has 0 N–H and O–H groups in total. The van der Waals surface area contributed by atoms with Crippen molar-refractivity contribution in [2.24, 2.45) is 0 Å². The summed E-state index contributed by atoms with van der Waals surface area (Å²) in [6.07, 6.45) is 10.4. The van der Waals surface area contributed by atoms with Crippen LogP contribution in [0.5, 0.6) is 0 Å². The van der Waals surface area contributed by atoms with Crippen LogP contribution in [0.1, 0.15) is 60.5 Å². The predicted octanol–water partition coefficient (Wildman–Crippen LogP) is 41.1. The Kier molecular flexibility index (Phi) is 20.2. The summed E-state index contributed by atoms with van der Waals surface area (Å²) in [6.45, 7) is 15.3. The first-order valence-corrected chi connectivity index (χ1v) is 47.8. The van der Waals surface area contributed by atoms with E-state index in [1.54, 1.807) is 141 Å². The highest BCUT2D eigenvalue weighted by atomic mass is 15.2. The summed E-state index contributed by atoms with van der Waals surface area (Å²) in [5, 5.41) is 0. The molecule has 22 aromatic rings. The topological polar surface area (TPSA) is 19.4 Å². The zero-order valence-electron chi connectivity index (χ0n) is 117. The van der Waals surface area contributed by atoms with Gasteiger partial charge in [0.25, 0.3) is 0 Å².